The standard InChI is InChI=1S/C14H23O4P/c1-4-5-6-11-14(2,3)12-7-9-13(10-8-12)18-19(15,16)17/h7-10H,4-6,11H2,1-3H3,(H2,15,16,17). The van der Waals surface area contributed by atoms with Gasteiger partial charge in [0.05, 0.1) is 0 Å². The summed E-state index contributed by atoms with van der Waals surface area (Å²) in [5.74, 6) is 0.196. The summed E-state index contributed by atoms with van der Waals surface area (Å²) in [6.07, 6.45) is 4.71. The number of phosphoric acid groups is 1. The maximum atomic E-state index is 10.7. The third-order valence-electron chi connectivity index (χ3n) is 3.27. The zero-order valence-electron chi connectivity index (χ0n) is 11.8. The Morgan fingerprint density at radius 3 is 2.21 bits per heavy atom. The molecule has 0 aliphatic heterocycles. The Hall–Kier alpha value is -0.830. The molecule has 0 saturated carbocycles. The van der Waals surface area contributed by atoms with E-state index in [1.165, 1.54) is 19.3 Å². The number of hydrogen-bond acceptors (Lipinski definition) is 2. The Bertz CT molecular complexity index is 433. The van der Waals surface area contributed by atoms with Crippen LogP contribution in [0.5, 0.6) is 5.75 Å². The van der Waals surface area contributed by atoms with Crippen LogP contribution in [0.3, 0.4) is 0 Å². The molecule has 0 unspecified atom stereocenters. The number of unbranched alkanes of at least 4 members (excludes halogenated alkanes) is 2. The Morgan fingerprint density at radius 1 is 1.16 bits per heavy atom. The predicted molar refractivity (Wildman–Crippen MR) is 76.3 cm³/mol. The van der Waals surface area contributed by atoms with Crippen LogP contribution in [-0.4, -0.2) is 9.79 Å². The monoisotopic (exact) mass is 286 g/mol. The van der Waals surface area contributed by atoms with Crippen molar-refractivity contribution < 1.29 is 18.9 Å². The lowest BCUT2D eigenvalue weighted by atomic mass is 9.80. The summed E-state index contributed by atoms with van der Waals surface area (Å²) in [4.78, 5) is 17.5. The van der Waals surface area contributed by atoms with Gasteiger partial charge in [-0.05, 0) is 29.5 Å². The van der Waals surface area contributed by atoms with Gasteiger partial charge in [-0.25, -0.2) is 4.57 Å². The molecule has 0 radical (unpaired) electrons. The van der Waals surface area contributed by atoms with E-state index in [1.807, 2.05) is 12.1 Å². The number of phosphoric ester groups is 1. The van der Waals surface area contributed by atoms with Crippen LogP contribution >= 0.6 is 7.82 Å². The first-order chi connectivity index (χ1) is 8.74. The summed E-state index contributed by atoms with van der Waals surface area (Å²) >= 11 is 0. The molecule has 5 heteroatoms. The van der Waals surface area contributed by atoms with Crippen molar-refractivity contribution in [3.8, 4) is 5.75 Å². The zero-order chi connectivity index (χ0) is 14.5. The van der Waals surface area contributed by atoms with E-state index in [0.717, 1.165) is 12.0 Å². The van der Waals surface area contributed by atoms with Crippen molar-refractivity contribution in [2.75, 3.05) is 0 Å². The molecule has 1 aromatic rings. The second-order valence-electron chi connectivity index (χ2n) is 5.45. The first-order valence-electron chi connectivity index (χ1n) is 6.60. The molecule has 0 atom stereocenters. The fraction of sp³-hybridized carbons (Fsp3) is 0.571. The van der Waals surface area contributed by atoms with Crippen LogP contribution in [0.25, 0.3) is 0 Å². The normalized spacial score (nSPS) is 12.5. The van der Waals surface area contributed by atoms with Crippen LogP contribution < -0.4 is 4.52 Å². The zero-order valence-corrected chi connectivity index (χ0v) is 12.7. The highest BCUT2D eigenvalue weighted by Gasteiger charge is 2.21. The molecule has 0 heterocycles. The molecule has 0 bridgehead atoms. The molecule has 0 amide bonds. The third kappa shape index (κ3) is 5.77. The van der Waals surface area contributed by atoms with Gasteiger partial charge in [-0.2, -0.15) is 0 Å². The molecular weight excluding hydrogens is 263 g/mol. The Kier molecular flexibility index (Phi) is 5.60. The van der Waals surface area contributed by atoms with Crippen LogP contribution in [0, 0.1) is 0 Å². The Labute approximate surface area is 115 Å². The number of benzene rings is 1. The first kappa shape index (κ1) is 16.2. The molecule has 4 nitrogen and oxygen atoms in total. The van der Waals surface area contributed by atoms with Crippen molar-refractivity contribution in [1.82, 2.24) is 0 Å². The molecular formula is C14H23O4P. The van der Waals surface area contributed by atoms with Crippen molar-refractivity contribution in [3.63, 3.8) is 0 Å². The van der Waals surface area contributed by atoms with Crippen molar-refractivity contribution in [3.05, 3.63) is 29.8 Å². The maximum Gasteiger partial charge on any atom is 0.524 e. The van der Waals surface area contributed by atoms with Gasteiger partial charge in [0.1, 0.15) is 5.75 Å². The number of hydrogen-bond donors (Lipinski definition) is 2. The topological polar surface area (TPSA) is 66.8 Å². The van der Waals surface area contributed by atoms with E-state index in [9.17, 15) is 4.57 Å². The quantitative estimate of drug-likeness (QED) is 0.587. The first-order valence-corrected chi connectivity index (χ1v) is 8.13. The summed E-state index contributed by atoms with van der Waals surface area (Å²) in [6, 6.07) is 6.96. The van der Waals surface area contributed by atoms with E-state index >= 15 is 0 Å². The van der Waals surface area contributed by atoms with E-state index in [0.29, 0.717) is 0 Å². The van der Waals surface area contributed by atoms with Gasteiger partial charge in [0.15, 0.2) is 0 Å². The van der Waals surface area contributed by atoms with Gasteiger partial charge in [-0.1, -0.05) is 52.2 Å². The van der Waals surface area contributed by atoms with Crippen molar-refractivity contribution in [2.24, 2.45) is 0 Å². The molecule has 19 heavy (non-hydrogen) atoms. The molecule has 0 aromatic heterocycles. The summed E-state index contributed by atoms with van der Waals surface area (Å²) in [6.45, 7) is 6.55. The summed E-state index contributed by atoms with van der Waals surface area (Å²) in [5.41, 5.74) is 1.22. The largest absolute Gasteiger partial charge is 0.524 e. The van der Waals surface area contributed by atoms with Crippen LogP contribution in [0.4, 0.5) is 0 Å². The van der Waals surface area contributed by atoms with Crippen LogP contribution in [0.15, 0.2) is 24.3 Å². The maximum absolute atomic E-state index is 10.7. The van der Waals surface area contributed by atoms with Crippen LogP contribution in [0.2, 0.25) is 0 Å². The van der Waals surface area contributed by atoms with E-state index in [2.05, 4.69) is 25.3 Å². The summed E-state index contributed by atoms with van der Waals surface area (Å²) < 4.78 is 15.3. The Morgan fingerprint density at radius 2 is 1.74 bits per heavy atom. The molecule has 0 aliphatic carbocycles. The second-order valence-corrected chi connectivity index (χ2v) is 6.61. The van der Waals surface area contributed by atoms with Crippen molar-refractivity contribution in [1.29, 1.82) is 0 Å². The lowest BCUT2D eigenvalue weighted by Gasteiger charge is -2.25. The smallest absolute Gasteiger partial charge is 0.404 e. The minimum atomic E-state index is -4.47. The fourth-order valence-corrected chi connectivity index (χ4v) is 2.46. The highest BCUT2D eigenvalue weighted by atomic mass is 31.2. The average Bonchev–Trinajstić information content (AvgIpc) is 2.27. The fourth-order valence-electron chi connectivity index (χ4n) is 2.07. The van der Waals surface area contributed by atoms with Crippen LogP contribution in [-0.2, 0) is 9.98 Å². The molecule has 1 aromatic carbocycles. The summed E-state index contributed by atoms with van der Waals surface area (Å²) in [5, 5.41) is 0. The van der Waals surface area contributed by atoms with Gasteiger partial charge >= 0.3 is 7.82 Å². The molecule has 2 N–H and O–H groups in total. The van der Waals surface area contributed by atoms with Crippen molar-refractivity contribution >= 4 is 7.82 Å². The average molecular weight is 286 g/mol. The van der Waals surface area contributed by atoms with Crippen LogP contribution in [0.1, 0.15) is 52.0 Å². The highest BCUT2D eigenvalue weighted by Crippen LogP contribution is 2.38. The highest BCUT2D eigenvalue weighted by molar-refractivity contribution is 7.46. The van der Waals surface area contributed by atoms with E-state index in [4.69, 9.17) is 9.79 Å². The van der Waals surface area contributed by atoms with Crippen molar-refractivity contribution in [2.45, 2.75) is 51.9 Å². The Balaban J connectivity index is 2.72. The van der Waals surface area contributed by atoms with E-state index in [-0.39, 0.29) is 11.2 Å². The van der Waals surface area contributed by atoms with E-state index < -0.39 is 7.82 Å². The SMILES string of the molecule is CCCCCC(C)(C)c1ccc(OP(=O)(O)O)cc1. The minimum Gasteiger partial charge on any atom is -0.404 e. The summed E-state index contributed by atoms with van der Waals surface area (Å²) in [7, 11) is -4.47. The predicted octanol–water partition coefficient (Wildman–Crippen LogP) is 4.02. The molecule has 0 spiro atoms. The van der Waals surface area contributed by atoms with Gasteiger partial charge < -0.3 is 4.52 Å². The minimum absolute atomic E-state index is 0.0653. The van der Waals surface area contributed by atoms with Gasteiger partial charge in [0.25, 0.3) is 0 Å². The molecule has 0 fully saturated rings. The number of rotatable bonds is 7. The van der Waals surface area contributed by atoms with Gasteiger partial charge in [-0.3, -0.25) is 9.79 Å². The molecule has 0 saturated heterocycles. The molecule has 0 aliphatic rings. The third-order valence-corrected chi connectivity index (χ3v) is 3.71. The van der Waals surface area contributed by atoms with Gasteiger partial charge in [0.2, 0.25) is 0 Å². The molecule has 108 valence electrons. The van der Waals surface area contributed by atoms with Gasteiger partial charge in [-0.15, -0.1) is 0 Å². The molecule has 1 rings (SSSR count). The van der Waals surface area contributed by atoms with Gasteiger partial charge in [0, 0.05) is 0 Å². The second kappa shape index (κ2) is 6.56. The van der Waals surface area contributed by atoms with E-state index in [1.54, 1.807) is 12.1 Å². The lowest BCUT2D eigenvalue weighted by Crippen LogP contribution is -2.16. The lowest BCUT2D eigenvalue weighted by molar-refractivity contribution is 0.283.